The Morgan fingerprint density at radius 3 is 2.42 bits per heavy atom. The monoisotopic (exact) mass is 474 g/mol. The average Bonchev–Trinajstić information content (AvgIpc) is 3.45. The first-order valence-electron chi connectivity index (χ1n) is 10.8. The van der Waals surface area contributed by atoms with Crippen LogP contribution in [0.25, 0.3) is 5.69 Å². The molecule has 2 aromatic carbocycles. The third-order valence-corrected chi connectivity index (χ3v) is 6.28. The number of benzene rings is 2. The van der Waals surface area contributed by atoms with Crippen LogP contribution >= 0.6 is 23.8 Å². The Labute approximate surface area is 203 Å². The van der Waals surface area contributed by atoms with E-state index in [0.29, 0.717) is 16.7 Å². The number of nitrogens with one attached hydrogen (secondary N) is 1. The van der Waals surface area contributed by atoms with E-state index in [1.807, 2.05) is 67.7 Å². The molecule has 0 bridgehead atoms. The van der Waals surface area contributed by atoms with Gasteiger partial charge < -0.3 is 19.5 Å². The van der Waals surface area contributed by atoms with Crippen molar-refractivity contribution in [3.63, 3.8) is 0 Å². The molecule has 2 aromatic heterocycles. The predicted octanol–water partition coefficient (Wildman–Crippen LogP) is 6.10. The van der Waals surface area contributed by atoms with E-state index < -0.39 is 0 Å². The molecule has 0 amide bonds. The van der Waals surface area contributed by atoms with E-state index in [1.54, 1.807) is 0 Å². The molecular formula is C26H23ClN4OS. The summed E-state index contributed by atoms with van der Waals surface area (Å²) >= 11 is 12.0. The number of thiocarbonyl (C=S) groups is 1. The summed E-state index contributed by atoms with van der Waals surface area (Å²) in [6.07, 6.45) is 3.88. The van der Waals surface area contributed by atoms with Crippen LogP contribution in [-0.2, 0) is 0 Å². The largest absolute Gasteiger partial charge is 0.494 e. The minimum Gasteiger partial charge on any atom is -0.494 e. The highest BCUT2D eigenvalue weighted by molar-refractivity contribution is 7.80. The number of hydrogen-bond acceptors (Lipinski definition) is 3. The molecule has 1 N–H and O–H groups in total. The maximum absolute atomic E-state index is 6.16. The van der Waals surface area contributed by atoms with Crippen LogP contribution in [0.2, 0.25) is 5.02 Å². The van der Waals surface area contributed by atoms with Gasteiger partial charge in [0, 0.05) is 34.5 Å². The van der Waals surface area contributed by atoms with Gasteiger partial charge in [0.25, 0.3) is 0 Å². The number of rotatable bonds is 6. The van der Waals surface area contributed by atoms with E-state index in [9.17, 15) is 0 Å². The molecule has 5 nitrogen and oxygen atoms in total. The van der Waals surface area contributed by atoms with Crippen LogP contribution in [0.5, 0.6) is 5.75 Å². The second-order valence-electron chi connectivity index (χ2n) is 7.70. The van der Waals surface area contributed by atoms with Gasteiger partial charge in [0.15, 0.2) is 5.11 Å². The minimum atomic E-state index is -0.120. The predicted molar refractivity (Wildman–Crippen MR) is 136 cm³/mol. The lowest BCUT2D eigenvalue weighted by molar-refractivity contribution is 0.340. The third kappa shape index (κ3) is 4.19. The summed E-state index contributed by atoms with van der Waals surface area (Å²) in [5.74, 6) is 0.854. The quantitative estimate of drug-likeness (QED) is 0.342. The normalized spacial score (nSPS) is 17.8. The van der Waals surface area contributed by atoms with Crippen molar-refractivity contribution >= 4 is 34.6 Å². The van der Waals surface area contributed by atoms with Gasteiger partial charge in [-0.2, -0.15) is 0 Å². The molecule has 1 aliphatic heterocycles. The molecule has 0 radical (unpaired) electrons. The minimum absolute atomic E-state index is 0.116. The Hall–Kier alpha value is -3.35. The molecule has 0 saturated carbocycles. The number of aromatic nitrogens is 2. The van der Waals surface area contributed by atoms with Crippen LogP contribution in [0.1, 0.15) is 30.4 Å². The Kier molecular flexibility index (Phi) is 6.03. The molecule has 3 heterocycles. The molecule has 0 spiro atoms. The lowest BCUT2D eigenvalue weighted by atomic mass is 10.0. The number of anilines is 1. The van der Waals surface area contributed by atoms with Gasteiger partial charge in [-0.05, 0) is 91.9 Å². The van der Waals surface area contributed by atoms with Crippen LogP contribution in [-0.4, -0.2) is 21.3 Å². The molecule has 2 atom stereocenters. The maximum atomic E-state index is 6.16. The Morgan fingerprint density at radius 2 is 1.73 bits per heavy atom. The highest BCUT2D eigenvalue weighted by atomic mass is 35.5. The van der Waals surface area contributed by atoms with E-state index in [4.69, 9.17) is 28.6 Å². The summed E-state index contributed by atoms with van der Waals surface area (Å²) in [6.45, 7) is 2.62. The van der Waals surface area contributed by atoms with Crippen molar-refractivity contribution in [2.24, 2.45) is 0 Å². The molecule has 1 fully saturated rings. The maximum Gasteiger partial charge on any atom is 0.174 e. The van der Waals surface area contributed by atoms with Crippen molar-refractivity contribution in [2.45, 2.75) is 19.0 Å². The molecule has 0 unspecified atom stereocenters. The number of pyridine rings is 1. The molecule has 33 heavy (non-hydrogen) atoms. The third-order valence-electron chi connectivity index (χ3n) is 5.71. The molecule has 1 saturated heterocycles. The van der Waals surface area contributed by atoms with E-state index >= 15 is 0 Å². The number of nitrogens with zero attached hydrogens (tertiary/aromatic N) is 3. The number of halogens is 1. The molecule has 7 heteroatoms. The van der Waals surface area contributed by atoms with Gasteiger partial charge >= 0.3 is 0 Å². The fourth-order valence-electron chi connectivity index (χ4n) is 4.28. The van der Waals surface area contributed by atoms with Gasteiger partial charge in [0.2, 0.25) is 0 Å². The summed E-state index contributed by atoms with van der Waals surface area (Å²) in [5.41, 5.74) is 4.05. The zero-order valence-electron chi connectivity index (χ0n) is 18.1. The van der Waals surface area contributed by atoms with Crippen molar-refractivity contribution in [1.29, 1.82) is 0 Å². The lowest BCUT2D eigenvalue weighted by Gasteiger charge is -2.29. The standard InChI is InChI=1S/C26H23ClN4OS/c1-2-32-21-14-12-19(13-15-21)30-17-5-7-23(30)25-24(22-6-3-4-16-28-22)29-26(33)31(25)20-10-8-18(27)9-11-20/h3-17,24-25H,2H2,1H3,(H,29,33)/t24-,25+/m0/s1. The summed E-state index contributed by atoms with van der Waals surface area (Å²) in [6, 6.07) is 25.8. The summed E-state index contributed by atoms with van der Waals surface area (Å²) in [4.78, 5) is 6.78. The topological polar surface area (TPSA) is 42.3 Å². The first kappa shape index (κ1) is 21.5. The Bertz CT molecular complexity index is 1240. The van der Waals surface area contributed by atoms with Gasteiger partial charge in [-0.15, -0.1) is 0 Å². The fourth-order valence-corrected chi connectivity index (χ4v) is 4.75. The first-order chi connectivity index (χ1) is 16.2. The van der Waals surface area contributed by atoms with Crippen LogP contribution in [0, 0.1) is 0 Å². The number of ether oxygens (including phenoxy) is 1. The molecule has 1 aliphatic rings. The number of hydrogen-bond donors (Lipinski definition) is 1. The highest BCUT2D eigenvalue weighted by Crippen LogP contribution is 2.42. The Balaban J connectivity index is 1.61. The van der Waals surface area contributed by atoms with Crippen LogP contribution in [0.4, 0.5) is 5.69 Å². The molecule has 166 valence electrons. The SMILES string of the molecule is CCOc1ccc(-n2cccc2[C@@H]2[C@H](c3ccccn3)NC(=S)N2c2ccc(Cl)cc2)cc1. The van der Waals surface area contributed by atoms with E-state index in [1.165, 1.54) is 0 Å². The van der Waals surface area contributed by atoms with E-state index in [0.717, 1.165) is 28.5 Å². The van der Waals surface area contributed by atoms with Crippen LogP contribution < -0.4 is 15.0 Å². The van der Waals surface area contributed by atoms with E-state index in [2.05, 4.69) is 50.2 Å². The molecule has 4 aromatic rings. The smallest absolute Gasteiger partial charge is 0.174 e. The van der Waals surface area contributed by atoms with Crippen molar-refractivity contribution in [2.75, 3.05) is 11.5 Å². The van der Waals surface area contributed by atoms with Crippen LogP contribution in [0.15, 0.2) is 91.3 Å². The second-order valence-corrected chi connectivity index (χ2v) is 8.53. The molecule has 0 aliphatic carbocycles. The van der Waals surface area contributed by atoms with E-state index in [-0.39, 0.29) is 12.1 Å². The molecule has 5 rings (SSSR count). The Morgan fingerprint density at radius 1 is 0.970 bits per heavy atom. The second kappa shape index (κ2) is 9.25. The average molecular weight is 475 g/mol. The fraction of sp³-hybridized carbons (Fsp3) is 0.154. The van der Waals surface area contributed by atoms with Crippen molar-refractivity contribution in [1.82, 2.24) is 14.9 Å². The van der Waals surface area contributed by atoms with Gasteiger partial charge in [-0.25, -0.2) is 0 Å². The summed E-state index contributed by atoms with van der Waals surface area (Å²) < 4.78 is 7.81. The van der Waals surface area contributed by atoms with Crippen LogP contribution in [0.3, 0.4) is 0 Å². The summed E-state index contributed by atoms with van der Waals surface area (Å²) in [5, 5.41) is 4.84. The van der Waals surface area contributed by atoms with Gasteiger partial charge in [0.1, 0.15) is 11.8 Å². The van der Waals surface area contributed by atoms with Crippen molar-refractivity contribution in [3.05, 3.63) is 108 Å². The van der Waals surface area contributed by atoms with Gasteiger partial charge in [-0.1, -0.05) is 17.7 Å². The first-order valence-corrected chi connectivity index (χ1v) is 11.6. The van der Waals surface area contributed by atoms with Gasteiger partial charge in [0.05, 0.1) is 18.3 Å². The van der Waals surface area contributed by atoms with Crippen molar-refractivity contribution < 1.29 is 4.74 Å². The zero-order chi connectivity index (χ0) is 22.8. The van der Waals surface area contributed by atoms with Crippen molar-refractivity contribution in [3.8, 4) is 11.4 Å². The lowest BCUT2D eigenvalue weighted by Crippen LogP contribution is -2.30. The highest BCUT2D eigenvalue weighted by Gasteiger charge is 2.42. The zero-order valence-corrected chi connectivity index (χ0v) is 19.6. The molecular weight excluding hydrogens is 452 g/mol. The van der Waals surface area contributed by atoms with Gasteiger partial charge in [-0.3, -0.25) is 4.98 Å². The summed E-state index contributed by atoms with van der Waals surface area (Å²) in [7, 11) is 0.